The SMILES string of the molecule is CC(=O)c1sc(-c2c(F)cccc2Cl)nc1C(=O)O. The first-order chi connectivity index (χ1) is 8.91. The van der Waals surface area contributed by atoms with Gasteiger partial charge in [0, 0.05) is 6.92 Å². The molecular formula is C12H7ClFNO3S. The van der Waals surface area contributed by atoms with E-state index in [4.69, 9.17) is 16.7 Å². The number of hydrogen-bond acceptors (Lipinski definition) is 4. The first kappa shape index (κ1) is 13.6. The van der Waals surface area contributed by atoms with Crippen molar-refractivity contribution >= 4 is 34.7 Å². The van der Waals surface area contributed by atoms with Crippen LogP contribution in [-0.4, -0.2) is 21.8 Å². The Balaban J connectivity index is 2.68. The molecule has 0 saturated heterocycles. The molecule has 0 fully saturated rings. The van der Waals surface area contributed by atoms with Gasteiger partial charge in [0.1, 0.15) is 15.7 Å². The number of nitrogens with zero attached hydrogens (tertiary/aromatic N) is 1. The summed E-state index contributed by atoms with van der Waals surface area (Å²) in [5.41, 5.74) is -0.379. The summed E-state index contributed by atoms with van der Waals surface area (Å²) in [6, 6.07) is 4.09. The van der Waals surface area contributed by atoms with Gasteiger partial charge in [0.25, 0.3) is 0 Å². The highest BCUT2D eigenvalue weighted by atomic mass is 35.5. The van der Waals surface area contributed by atoms with E-state index in [-0.39, 0.29) is 26.2 Å². The molecule has 7 heteroatoms. The molecule has 1 aromatic heterocycles. The third-order valence-corrected chi connectivity index (χ3v) is 3.81. The Morgan fingerprint density at radius 2 is 2.11 bits per heavy atom. The molecule has 0 saturated carbocycles. The lowest BCUT2D eigenvalue weighted by atomic mass is 10.2. The molecule has 0 atom stereocenters. The first-order valence-electron chi connectivity index (χ1n) is 5.11. The van der Waals surface area contributed by atoms with E-state index in [9.17, 15) is 14.0 Å². The van der Waals surface area contributed by atoms with Gasteiger partial charge in [-0.1, -0.05) is 17.7 Å². The van der Waals surface area contributed by atoms with Gasteiger partial charge in [-0.15, -0.1) is 11.3 Å². The Morgan fingerprint density at radius 3 is 2.58 bits per heavy atom. The molecule has 1 heterocycles. The van der Waals surface area contributed by atoms with E-state index in [0.717, 1.165) is 11.3 Å². The number of ketones is 1. The van der Waals surface area contributed by atoms with E-state index in [2.05, 4.69) is 4.98 Å². The van der Waals surface area contributed by atoms with Gasteiger partial charge in [-0.05, 0) is 12.1 Å². The van der Waals surface area contributed by atoms with Gasteiger partial charge in [-0.25, -0.2) is 14.2 Å². The zero-order valence-electron chi connectivity index (χ0n) is 9.61. The zero-order chi connectivity index (χ0) is 14.2. The second-order valence-corrected chi connectivity index (χ2v) is 5.06. The number of carboxylic acids is 1. The van der Waals surface area contributed by atoms with Crippen molar-refractivity contribution < 1.29 is 19.1 Å². The lowest BCUT2D eigenvalue weighted by molar-refractivity contribution is 0.0687. The number of benzene rings is 1. The Labute approximate surface area is 116 Å². The van der Waals surface area contributed by atoms with Crippen LogP contribution in [0.1, 0.15) is 27.1 Å². The maximum Gasteiger partial charge on any atom is 0.356 e. The van der Waals surface area contributed by atoms with Crippen LogP contribution in [0.5, 0.6) is 0 Å². The lowest BCUT2D eigenvalue weighted by Crippen LogP contribution is -2.03. The Kier molecular flexibility index (Phi) is 3.64. The van der Waals surface area contributed by atoms with Crippen molar-refractivity contribution in [3.8, 4) is 10.6 Å². The summed E-state index contributed by atoms with van der Waals surface area (Å²) in [6.07, 6.45) is 0. The molecular weight excluding hydrogens is 293 g/mol. The Bertz CT molecular complexity index is 632. The average Bonchev–Trinajstić information content (AvgIpc) is 2.73. The Morgan fingerprint density at radius 1 is 1.42 bits per heavy atom. The normalized spacial score (nSPS) is 10.5. The van der Waals surface area contributed by atoms with Crippen molar-refractivity contribution in [2.75, 3.05) is 0 Å². The van der Waals surface area contributed by atoms with E-state index in [1.54, 1.807) is 0 Å². The largest absolute Gasteiger partial charge is 0.476 e. The average molecular weight is 300 g/mol. The highest BCUT2D eigenvalue weighted by molar-refractivity contribution is 7.17. The number of carbonyl (C=O) groups is 2. The molecule has 0 aliphatic carbocycles. The van der Waals surface area contributed by atoms with Gasteiger partial charge < -0.3 is 5.11 Å². The van der Waals surface area contributed by atoms with Crippen LogP contribution < -0.4 is 0 Å². The summed E-state index contributed by atoms with van der Waals surface area (Å²) in [7, 11) is 0. The zero-order valence-corrected chi connectivity index (χ0v) is 11.2. The fraction of sp³-hybridized carbons (Fsp3) is 0.0833. The van der Waals surface area contributed by atoms with Crippen molar-refractivity contribution in [2.45, 2.75) is 6.92 Å². The summed E-state index contributed by atoms with van der Waals surface area (Å²) in [6.45, 7) is 1.23. The highest BCUT2D eigenvalue weighted by Gasteiger charge is 2.23. The maximum absolute atomic E-state index is 13.7. The number of aromatic carboxylic acids is 1. The second-order valence-electron chi connectivity index (χ2n) is 3.65. The predicted molar refractivity (Wildman–Crippen MR) is 69.5 cm³/mol. The third-order valence-electron chi connectivity index (χ3n) is 2.33. The summed E-state index contributed by atoms with van der Waals surface area (Å²) < 4.78 is 13.7. The van der Waals surface area contributed by atoms with Gasteiger partial charge >= 0.3 is 5.97 Å². The number of rotatable bonds is 3. The minimum Gasteiger partial charge on any atom is -0.476 e. The first-order valence-corrected chi connectivity index (χ1v) is 6.30. The minimum atomic E-state index is -1.33. The van der Waals surface area contributed by atoms with Crippen molar-refractivity contribution in [1.29, 1.82) is 0 Å². The molecule has 0 unspecified atom stereocenters. The number of carbonyl (C=O) groups excluding carboxylic acids is 1. The molecule has 0 amide bonds. The van der Waals surface area contributed by atoms with Gasteiger partial charge in [0.05, 0.1) is 10.6 Å². The standard InChI is InChI=1S/C12H7ClFNO3S/c1-5(16)10-9(12(17)18)15-11(19-10)8-6(13)3-2-4-7(8)14/h2-4H,1H3,(H,17,18). The van der Waals surface area contributed by atoms with Crippen molar-refractivity contribution in [3.05, 3.63) is 39.6 Å². The van der Waals surface area contributed by atoms with Crippen LogP contribution in [0.3, 0.4) is 0 Å². The molecule has 19 heavy (non-hydrogen) atoms. The number of hydrogen-bond donors (Lipinski definition) is 1. The van der Waals surface area contributed by atoms with Crippen LogP contribution >= 0.6 is 22.9 Å². The van der Waals surface area contributed by atoms with Crippen LogP contribution in [0.4, 0.5) is 4.39 Å². The predicted octanol–water partition coefficient (Wildman–Crippen LogP) is 3.50. The topological polar surface area (TPSA) is 67.3 Å². The molecule has 0 radical (unpaired) electrons. The molecule has 1 N–H and O–H groups in total. The van der Waals surface area contributed by atoms with Crippen molar-refractivity contribution in [3.63, 3.8) is 0 Å². The van der Waals surface area contributed by atoms with Crippen molar-refractivity contribution in [1.82, 2.24) is 4.98 Å². The number of thiazole rings is 1. The van der Waals surface area contributed by atoms with Crippen LogP contribution in [0.15, 0.2) is 18.2 Å². The fourth-order valence-corrected chi connectivity index (χ4v) is 2.83. The summed E-state index contributed by atoms with van der Waals surface area (Å²) in [5, 5.41) is 9.17. The third kappa shape index (κ3) is 2.50. The van der Waals surface area contributed by atoms with Gasteiger partial charge in [-0.2, -0.15) is 0 Å². The van der Waals surface area contributed by atoms with E-state index in [0.29, 0.717) is 0 Å². The number of carboxylic acid groups (broad SMARTS) is 1. The highest BCUT2D eigenvalue weighted by Crippen LogP contribution is 2.35. The number of aromatic nitrogens is 1. The van der Waals surface area contributed by atoms with E-state index in [1.807, 2.05) is 0 Å². The summed E-state index contributed by atoms with van der Waals surface area (Å²) in [5.74, 6) is -2.39. The minimum absolute atomic E-state index is 0.00386. The molecule has 1 aromatic carbocycles. The molecule has 98 valence electrons. The molecule has 4 nitrogen and oxygen atoms in total. The van der Waals surface area contributed by atoms with Gasteiger partial charge in [-0.3, -0.25) is 4.79 Å². The quantitative estimate of drug-likeness (QED) is 0.881. The smallest absolute Gasteiger partial charge is 0.356 e. The number of Topliss-reactive ketones (excluding diaryl/α,β-unsaturated/α-hetero) is 1. The second kappa shape index (κ2) is 5.07. The molecule has 0 aliphatic heterocycles. The monoisotopic (exact) mass is 299 g/mol. The van der Waals surface area contributed by atoms with Crippen LogP contribution in [0.2, 0.25) is 5.02 Å². The summed E-state index contributed by atoms with van der Waals surface area (Å²) >= 11 is 6.69. The Hall–Kier alpha value is -1.79. The van der Waals surface area contributed by atoms with Crippen LogP contribution in [-0.2, 0) is 0 Å². The number of halogens is 2. The van der Waals surface area contributed by atoms with Crippen LogP contribution in [0, 0.1) is 5.82 Å². The van der Waals surface area contributed by atoms with Crippen molar-refractivity contribution in [2.24, 2.45) is 0 Å². The molecule has 0 aliphatic rings. The molecule has 2 aromatic rings. The summed E-state index contributed by atoms with van der Waals surface area (Å²) in [4.78, 5) is 26.1. The molecule has 0 bridgehead atoms. The maximum atomic E-state index is 13.7. The fourth-order valence-electron chi connectivity index (χ4n) is 1.51. The van der Waals surface area contributed by atoms with E-state index < -0.39 is 17.6 Å². The van der Waals surface area contributed by atoms with E-state index in [1.165, 1.54) is 25.1 Å². The van der Waals surface area contributed by atoms with E-state index >= 15 is 0 Å². The molecule has 2 rings (SSSR count). The van der Waals surface area contributed by atoms with Gasteiger partial charge in [0.15, 0.2) is 11.5 Å². The van der Waals surface area contributed by atoms with Crippen LogP contribution in [0.25, 0.3) is 10.6 Å². The van der Waals surface area contributed by atoms with Gasteiger partial charge in [0.2, 0.25) is 0 Å². The molecule has 0 spiro atoms. The lowest BCUT2D eigenvalue weighted by Gasteiger charge is -2.00.